The number of hydrogen-bond acceptors (Lipinski definition) is 6. The quantitative estimate of drug-likeness (QED) is 0.342. The van der Waals surface area contributed by atoms with Gasteiger partial charge < -0.3 is 31.7 Å². The van der Waals surface area contributed by atoms with Gasteiger partial charge in [0.1, 0.15) is 17.5 Å². The third-order valence-electron chi connectivity index (χ3n) is 4.16. The molecule has 9 nitrogen and oxygen atoms in total. The Morgan fingerprint density at radius 1 is 0.862 bits per heavy atom. The summed E-state index contributed by atoms with van der Waals surface area (Å²) in [5.41, 5.74) is 7.18. The molecule has 2 atom stereocenters. The maximum absolute atomic E-state index is 12.1. The lowest BCUT2D eigenvalue weighted by atomic mass is 10.1. The molecule has 9 heteroatoms. The van der Waals surface area contributed by atoms with Crippen molar-refractivity contribution in [2.75, 3.05) is 6.54 Å². The van der Waals surface area contributed by atoms with Crippen LogP contribution in [0.3, 0.4) is 0 Å². The molecule has 0 aliphatic carbocycles. The molecule has 0 aliphatic rings. The van der Waals surface area contributed by atoms with Crippen LogP contribution in [0.2, 0.25) is 0 Å². The summed E-state index contributed by atoms with van der Waals surface area (Å²) in [5.74, 6) is -2.29. The number of carbonyl (C=O) groups is 3. The van der Waals surface area contributed by atoms with Gasteiger partial charge in [0.05, 0.1) is 12.6 Å². The van der Waals surface area contributed by atoms with Gasteiger partial charge in [0.25, 0.3) is 0 Å². The first-order chi connectivity index (χ1) is 13.7. The molecule has 0 aromatic heterocycles. The number of benzene rings is 2. The average Bonchev–Trinajstić information content (AvgIpc) is 2.68. The van der Waals surface area contributed by atoms with E-state index in [1.165, 1.54) is 24.3 Å². The molecule has 29 heavy (non-hydrogen) atoms. The van der Waals surface area contributed by atoms with E-state index in [2.05, 4.69) is 10.6 Å². The Hall–Kier alpha value is -3.59. The number of rotatable bonds is 9. The average molecular weight is 401 g/mol. The number of amides is 2. The minimum atomic E-state index is -1.22. The number of carboxylic acid groups (broad SMARTS) is 1. The summed E-state index contributed by atoms with van der Waals surface area (Å²) in [4.78, 5) is 35.5. The monoisotopic (exact) mass is 401 g/mol. The van der Waals surface area contributed by atoms with Crippen LogP contribution in [0.5, 0.6) is 11.5 Å². The maximum atomic E-state index is 12.1. The van der Waals surface area contributed by atoms with E-state index in [9.17, 15) is 29.7 Å². The molecule has 0 aliphatic heterocycles. The summed E-state index contributed by atoms with van der Waals surface area (Å²) in [6.07, 6.45) is 0.238. The Morgan fingerprint density at radius 2 is 1.34 bits per heavy atom. The van der Waals surface area contributed by atoms with E-state index in [4.69, 9.17) is 5.73 Å². The molecule has 2 amide bonds. The van der Waals surface area contributed by atoms with Gasteiger partial charge in [-0.25, -0.2) is 4.79 Å². The highest BCUT2D eigenvalue weighted by Crippen LogP contribution is 2.12. The van der Waals surface area contributed by atoms with E-state index in [-0.39, 0.29) is 24.3 Å². The van der Waals surface area contributed by atoms with E-state index in [1.807, 2.05) is 0 Å². The third kappa shape index (κ3) is 7.15. The molecule has 2 aromatic rings. The van der Waals surface area contributed by atoms with Gasteiger partial charge in [-0.05, 0) is 41.8 Å². The Labute approximate surface area is 167 Å². The van der Waals surface area contributed by atoms with Crippen molar-refractivity contribution >= 4 is 17.8 Å². The fraction of sp³-hybridized carbons (Fsp3) is 0.250. The first kappa shape index (κ1) is 21.7. The largest absolute Gasteiger partial charge is 0.508 e. The van der Waals surface area contributed by atoms with E-state index < -0.39 is 36.4 Å². The van der Waals surface area contributed by atoms with Crippen molar-refractivity contribution in [3.63, 3.8) is 0 Å². The van der Waals surface area contributed by atoms with Gasteiger partial charge in [-0.15, -0.1) is 0 Å². The van der Waals surface area contributed by atoms with Crippen LogP contribution in [-0.2, 0) is 27.2 Å². The number of phenols is 2. The van der Waals surface area contributed by atoms with Crippen molar-refractivity contribution in [2.24, 2.45) is 5.73 Å². The lowest BCUT2D eigenvalue weighted by Crippen LogP contribution is -2.49. The van der Waals surface area contributed by atoms with Gasteiger partial charge in [-0.2, -0.15) is 0 Å². The van der Waals surface area contributed by atoms with Crippen LogP contribution in [0.4, 0.5) is 0 Å². The van der Waals surface area contributed by atoms with Gasteiger partial charge >= 0.3 is 5.97 Å². The third-order valence-corrected chi connectivity index (χ3v) is 4.16. The lowest BCUT2D eigenvalue weighted by molar-refractivity contribution is -0.141. The number of aromatic hydroxyl groups is 2. The molecule has 7 N–H and O–H groups in total. The minimum absolute atomic E-state index is 0.0235. The molecule has 0 radical (unpaired) electrons. The maximum Gasteiger partial charge on any atom is 0.326 e. The Balaban J connectivity index is 1.82. The predicted molar refractivity (Wildman–Crippen MR) is 104 cm³/mol. The number of carboxylic acids is 1. The van der Waals surface area contributed by atoms with Crippen LogP contribution >= 0.6 is 0 Å². The number of carbonyl (C=O) groups excluding carboxylic acids is 2. The normalized spacial score (nSPS) is 12.6. The molecule has 0 unspecified atom stereocenters. The van der Waals surface area contributed by atoms with E-state index >= 15 is 0 Å². The van der Waals surface area contributed by atoms with Gasteiger partial charge in [-0.3, -0.25) is 9.59 Å². The lowest BCUT2D eigenvalue weighted by Gasteiger charge is -2.16. The highest BCUT2D eigenvalue weighted by atomic mass is 16.4. The standard InChI is InChI=1S/C20H23N3O6/c21-16(9-12-1-5-14(24)6-2-12)19(27)22-11-18(26)23-17(20(28)29)10-13-3-7-15(25)8-4-13/h1-8,16-17,24-25H,9-11,21H2,(H,22,27)(H,23,26)(H,28,29)/t16-,17-/m0/s1. The molecule has 0 bridgehead atoms. The number of hydrogen-bond donors (Lipinski definition) is 6. The molecule has 0 saturated heterocycles. The molecule has 0 heterocycles. The number of aliphatic carboxylic acids is 1. The number of phenolic OH excluding ortho intramolecular Hbond substituents is 2. The second kappa shape index (κ2) is 10.1. The molecular weight excluding hydrogens is 378 g/mol. The van der Waals surface area contributed by atoms with Crippen molar-refractivity contribution < 1.29 is 29.7 Å². The van der Waals surface area contributed by atoms with Crippen LogP contribution in [-0.4, -0.2) is 51.7 Å². The fourth-order valence-electron chi connectivity index (χ4n) is 2.59. The van der Waals surface area contributed by atoms with Crippen LogP contribution in [0.1, 0.15) is 11.1 Å². The Morgan fingerprint density at radius 3 is 1.83 bits per heavy atom. The second-order valence-corrected chi connectivity index (χ2v) is 6.52. The second-order valence-electron chi connectivity index (χ2n) is 6.52. The zero-order valence-corrected chi connectivity index (χ0v) is 15.5. The van der Waals surface area contributed by atoms with E-state index in [1.54, 1.807) is 24.3 Å². The number of nitrogens with one attached hydrogen (secondary N) is 2. The van der Waals surface area contributed by atoms with Gasteiger partial charge in [0.15, 0.2) is 0 Å². The summed E-state index contributed by atoms with van der Waals surface area (Å²) in [7, 11) is 0. The minimum Gasteiger partial charge on any atom is -0.508 e. The molecule has 154 valence electrons. The fourth-order valence-corrected chi connectivity index (χ4v) is 2.59. The van der Waals surface area contributed by atoms with Crippen LogP contribution in [0.15, 0.2) is 48.5 Å². The van der Waals surface area contributed by atoms with Crippen molar-refractivity contribution in [1.82, 2.24) is 10.6 Å². The molecule has 0 fully saturated rings. The van der Waals surface area contributed by atoms with E-state index in [0.717, 1.165) is 5.56 Å². The summed E-state index contributed by atoms with van der Waals surface area (Å²) >= 11 is 0. The van der Waals surface area contributed by atoms with Crippen molar-refractivity contribution in [1.29, 1.82) is 0 Å². The molecular formula is C20H23N3O6. The van der Waals surface area contributed by atoms with Crippen LogP contribution in [0, 0.1) is 0 Å². The number of nitrogens with two attached hydrogens (primary N) is 1. The van der Waals surface area contributed by atoms with E-state index in [0.29, 0.717) is 5.56 Å². The van der Waals surface area contributed by atoms with Crippen LogP contribution in [0.25, 0.3) is 0 Å². The van der Waals surface area contributed by atoms with Gasteiger partial charge in [0, 0.05) is 6.42 Å². The molecule has 0 spiro atoms. The van der Waals surface area contributed by atoms with Gasteiger partial charge in [0.2, 0.25) is 11.8 Å². The smallest absolute Gasteiger partial charge is 0.326 e. The zero-order valence-electron chi connectivity index (χ0n) is 15.5. The van der Waals surface area contributed by atoms with Crippen molar-refractivity contribution in [2.45, 2.75) is 24.9 Å². The summed E-state index contributed by atoms with van der Waals surface area (Å²) in [6, 6.07) is 10.1. The SMILES string of the molecule is N[C@@H](Cc1ccc(O)cc1)C(=O)NCC(=O)N[C@@H](Cc1ccc(O)cc1)C(=O)O. The Kier molecular flexibility index (Phi) is 7.55. The Bertz CT molecular complexity index is 852. The van der Waals surface area contributed by atoms with Crippen LogP contribution < -0.4 is 16.4 Å². The molecule has 2 aromatic carbocycles. The van der Waals surface area contributed by atoms with Gasteiger partial charge in [-0.1, -0.05) is 24.3 Å². The molecule has 2 rings (SSSR count). The first-order valence-corrected chi connectivity index (χ1v) is 8.86. The predicted octanol–water partition coefficient (Wildman–Crippen LogP) is -0.104. The summed E-state index contributed by atoms with van der Waals surface area (Å²) < 4.78 is 0. The summed E-state index contributed by atoms with van der Waals surface area (Å²) in [6.45, 7) is -0.415. The highest BCUT2D eigenvalue weighted by Gasteiger charge is 2.21. The summed E-state index contributed by atoms with van der Waals surface area (Å²) in [5, 5.41) is 32.5. The first-order valence-electron chi connectivity index (χ1n) is 8.86. The highest BCUT2D eigenvalue weighted by molar-refractivity contribution is 5.89. The van der Waals surface area contributed by atoms with Crippen molar-refractivity contribution in [3.05, 3.63) is 59.7 Å². The zero-order chi connectivity index (χ0) is 21.4. The topological polar surface area (TPSA) is 162 Å². The van der Waals surface area contributed by atoms with Crippen molar-refractivity contribution in [3.8, 4) is 11.5 Å². The molecule has 0 saturated carbocycles.